The number of benzene rings is 1. The van der Waals surface area contributed by atoms with E-state index in [0.29, 0.717) is 0 Å². The topological polar surface area (TPSA) is 20.2 Å². The number of terminal acetylenes is 1. The Morgan fingerprint density at radius 2 is 1.93 bits per heavy atom. The monoisotopic (exact) mass is 200 g/mol. The fraction of sp³-hybridized carbons (Fsp3) is 0.200. The van der Waals surface area contributed by atoms with E-state index in [9.17, 15) is 13.2 Å². The molecule has 0 heterocycles. The van der Waals surface area contributed by atoms with Gasteiger partial charge in [0, 0.05) is 5.56 Å². The Morgan fingerprint density at radius 1 is 1.36 bits per heavy atom. The summed E-state index contributed by atoms with van der Waals surface area (Å²) in [6.45, 7) is 0. The standard InChI is InChI=1S/C10H7F3O/c1-2-10(12,13)9(14)7-5-3-4-6-8(7)11/h1,3-6,9,14H. The van der Waals surface area contributed by atoms with E-state index in [1.165, 1.54) is 12.1 Å². The lowest BCUT2D eigenvalue weighted by Crippen LogP contribution is -2.24. The van der Waals surface area contributed by atoms with E-state index in [1.54, 1.807) is 0 Å². The molecule has 14 heavy (non-hydrogen) atoms. The van der Waals surface area contributed by atoms with Gasteiger partial charge in [-0.1, -0.05) is 18.2 Å². The summed E-state index contributed by atoms with van der Waals surface area (Å²) in [4.78, 5) is 0. The van der Waals surface area contributed by atoms with Crippen LogP contribution >= 0.6 is 0 Å². The number of aliphatic hydroxyl groups excluding tert-OH is 1. The van der Waals surface area contributed by atoms with Crippen LogP contribution in [0.15, 0.2) is 24.3 Å². The van der Waals surface area contributed by atoms with Crippen molar-refractivity contribution >= 4 is 0 Å². The first-order valence-electron chi connectivity index (χ1n) is 3.77. The lowest BCUT2D eigenvalue weighted by atomic mass is 10.0. The molecule has 0 saturated carbocycles. The van der Waals surface area contributed by atoms with Crippen molar-refractivity contribution in [3.8, 4) is 12.3 Å². The van der Waals surface area contributed by atoms with Crippen molar-refractivity contribution < 1.29 is 18.3 Å². The van der Waals surface area contributed by atoms with Gasteiger partial charge in [0.15, 0.2) is 6.10 Å². The van der Waals surface area contributed by atoms with Gasteiger partial charge in [0.2, 0.25) is 0 Å². The molecule has 0 saturated heterocycles. The molecule has 0 spiro atoms. The molecule has 1 aromatic carbocycles. The molecule has 0 bridgehead atoms. The van der Waals surface area contributed by atoms with Crippen LogP contribution in [0.4, 0.5) is 13.2 Å². The first-order chi connectivity index (χ1) is 6.49. The Balaban J connectivity index is 3.08. The van der Waals surface area contributed by atoms with Crippen molar-refractivity contribution in [2.45, 2.75) is 12.0 Å². The first kappa shape index (κ1) is 10.6. The summed E-state index contributed by atoms with van der Waals surface area (Å²) in [5, 5.41) is 9.10. The maximum Gasteiger partial charge on any atom is 0.337 e. The Labute approximate surface area is 79.2 Å². The zero-order valence-corrected chi connectivity index (χ0v) is 7.05. The van der Waals surface area contributed by atoms with Crippen molar-refractivity contribution in [2.75, 3.05) is 0 Å². The summed E-state index contributed by atoms with van der Waals surface area (Å²) in [6, 6.07) is 4.71. The maximum absolute atomic E-state index is 12.9. The highest BCUT2D eigenvalue weighted by atomic mass is 19.3. The molecule has 1 aromatic rings. The van der Waals surface area contributed by atoms with E-state index in [-0.39, 0.29) is 0 Å². The van der Waals surface area contributed by atoms with Gasteiger partial charge in [0.25, 0.3) is 0 Å². The van der Waals surface area contributed by atoms with Gasteiger partial charge in [-0.25, -0.2) is 4.39 Å². The van der Waals surface area contributed by atoms with Crippen LogP contribution in [-0.4, -0.2) is 11.0 Å². The molecule has 1 rings (SSSR count). The second-order valence-electron chi connectivity index (χ2n) is 2.69. The Hall–Kier alpha value is -1.47. The highest BCUT2D eigenvalue weighted by Crippen LogP contribution is 2.31. The molecular formula is C10H7F3O. The maximum atomic E-state index is 12.9. The largest absolute Gasteiger partial charge is 0.381 e. The minimum Gasteiger partial charge on any atom is -0.381 e. The van der Waals surface area contributed by atoms with Gasteiger partial charge in [0.05, 0.1) is 0 Å². The predicted octanol–water partition coefficient (Wildman–Crippen LogP) is 2.13. The molecule has 0 radical (unpaired) electrons. The Morgan fingerprint density at radius 3 is 2.43 bits per heavy atom. The zero-order valence-electron chi connectivity index (χ0n) is 7.05. The third-order valence-electron chi connectivity index (χ3n) is 1.74. The highest BCUT2D eigenvalue weighted by Gasteiger charge is 2.38. The Bertz CT molecular complexity index is 368. The lowest BCUT2D eigenvalue weighted by Gasteiger charge is -2.17. The molecule has 1 atom stereocenters. The smallest absolute Gasteiger partial charge is 0.337 e. The van der Waals surface area contributed by atoms with E-state index in [0.717, 1.165) is 18.1 Å². The summed E-state index contributed by atoms with van der Waals surface area (Å²) in [5.41, 5.74) is -0.504. The third kappa shape index (κ3) is 1.88. The summed E-state index contributed by atoms with van der Waals surface area (Å²) in [7, 11) is 0. The fourth-order valence-electron chi connectivity index (χ4n) is 0.971. The molecule has 0 aliphatic heterocycles. The first-order valence-corrected chi connectivity index (χ1v) is 3.77. The number of hydrogen-bond donors (Lipinski definition) is 1. The van der Waals surface area contributed by atoms with Crippen molar-refractivity contribution in [1.29, 1.82) is 0 Å². The van der Waals surface area contributed by atoms with E-state index in [4.69, 9.17) is 5.11 Å². The van der Waals surface area contributed by atoms with Gasteiger partial charge in [-0.3, -0.25) is 0 Å². The normalized spacial score (nSPS) is 13.4. The SMILES string of the molecule is C#CC(F)(F)C(O)c1ccccc1F. The molecule has 1 N–H and O–H groups in total. The molecule has 0 aliphatic rings. The molecule has 1 nitrogen and oxygen atoms in total. The van der Waals surface area contributed by atoms with Crippen LogP contribution in [0.1, 0.15) is 11.7 Å². The molecule has 0 aromatic heterocycles. The van der Waals surface area contributed by atoms with Crippen LogP contribution in [0.5, 0.6) is 0 Å². The molecule has 0 aliphatic carbocycles. The second kappa shape index (κ2) is 3.72. The van der Waals surface area contributed by atoms with Crippen LogP contribution in [0.25, 0.3) is 0 Å². The van der Waals surface area contributed by atoms with Crippen LogP contribution in [0.2, 0.25) is 0 Å². The van der Waals surface area contributed by atoms with E-state index in [2.05, 4.69) is 6.42 Å². The van der Waals surface area contributed by atoms with Gasteiger partial charge in [-0.05, 0) is 12.0 Å². The van der Waals surface area contributed by atoms with Gasteiger partial charge in [-0.15, -0.1) is 6.42 Å². The van der Waals surface area contributed by atoms with E-state index >= 15 is 0 Å². The zero-order chi connectivity index (χ0) is 10.8. The van der Waals surface area contributed by atoms with Gasteiger partial charge >= 0.3 is 5.92 Å². The van der Waals surface area contributed by atoms with Crippen molar-refractivity contribution in [3.63, 3.8) is 0 Å². The molecule has 1 unspecified atom stereocenters. The fourth-order valence-corrected chi connectivity index (χ4v) is 0.971. The van der Waals surface area contributed by atoms with Crippen LogP contribution < -0.4 is 0 Å². The molecule has 4 heteroatoms. The molecule has 0 fully saturated rings. The summed E-state index contributed by atoms with van der Waals surface area (Å²) >= 11 is 0. The van der Waals surface area contributed by atoms with Crippen LogP contribution in [0.3, 0.4) is 0 Å². The molecule has 74 valence electrons. The van der Waals surface area contributed by atoms with E-state index < -0.39 is 23.4 Å². The lowest BCUT2D eigenvalue weighted by molar-refractivity contribution is -0.0649. The number of rotatable bonds is 2. The summed E-state index contributed by atoms with van der Waals surface area (Å²) < 4.78 is 38.5. The van der Waals surface area contributed by atoms with Crippen molar-refractivity contribution in [2.24, 2.45) is 0 Å². The van der Waals surface area contributed by atoms with Gasteiger partial charge in [0.1, 0.15) is 5.82 Å². The average Bonchev–Trinajstić information content (AvgIpc) is 2.17. The Kier molecular flexibility index (Phi) is 2.82. The predicted molar refractivity (Wildman–Crippen MR) is 45.1 cm³/mol. The van der Waals surface area contributed by atoms with E-state index in [1.807, 2.05) is 0 Å². The quantitative estimate of drug-likeness (QED) is 0.725. The minimum absolute atomic E-state index is 0.504. The van der Waals surface area contributed by atoms with Crippen LogP contribution in [0, 0.1) is 18.2 Å². The highest BCUT2D eigenvalue weighted by molar-refractivity contribution is 5.24. The van der Waals surface area contributed by atoms with Gasteiger partial charge in [-0.2, -0.15) is 8.78 Å². The van der Waals surface area contributed by atoms with Crippen LogP contribution in [-0.2, 0) is 0 Å². The average molecular weight is 200 g/mol. The van der Waals surface area contributed by atoms with Gasteiger partial charge < -0.3 is 5.11 Å². The minimum atomic E-state index is -3.76. The molecular weight excluding hydrogens is 193 g/mol. The second-order valence-corrected chi connectivity index (χ2v) is 2.69. The number of aliphatic hydroxyl groups is 1. The summed E-state index contributed by atoms with van der Waals surface area (Å²) in [5.74, 6) is -3.55. The third-order valence-corrected chi connectivity index (χ3v) is 1.74. The number of alkyl halides is 2. The molecule has 0 amide bonds. The van der Waals surface area contributed by atoms with Crippen molar-refractivity contribution in [1.82, 2.24) is 0 Å². The summed E-state index contributed by atoms with van der Waals surface area (Å²) in [6.07, 6.45) is 2.20. The number of hydrogen-bond acceptors (Lipinski definition) is 1. The van der Waals surface area contributed by atoms with Crippen molar-refractivity contribution in [3.05, 3.63) is 35.6 Å². The number of halogens is 3.